The summed E-state index contributed by atoms with van der Waals surface area (Å²) in [5, 5.41) is 0. The SMILES string of the molecule is COc1cccc(CN(CC2CCCO2)C(=O)c2cc(C)nc3c2nc2n3CCCCC2)c1. The number of carbonyl (C=O) groups excluding carboxylic acids is 1. The zero-order valence-corrected chi connectivity index (χ0v) is 19.5. The Hall–Kier alpha value is -2.93. The van der Waals surface area contributed by atoms with Gasteiger partial charge in [-0.05, 0) is 56.4 Å². The van der Waals surface area contributed by atoms with Gasteiger partial charge in [-0.25, -0.2) is 9.97 Å². The molecule has 1 amide bonds. The summed E-state index contributed by atoms with van der Waals surface area (Å²) >= 11 is 0. The molecule has 7 heteroatoms. The van der Waals surface area contributed by atoms with Gasteiger partial charge in [-0.2, -0.15) is 0 Å². The third kappa shape index (κ3) is 4.60. The van der Waals surface area contributed by atoms with Crippen LogP contribution in [0.2, 0.25) is 0 Å². The van der Waals surface area contributed by atoms with E-state index in [1.54, 1.807) is 7.11 Å². The predicted molar refractivity (Wildman–Crippen MR) is 127 cm³/mol. The van der Waals surface area contributed by atoms with Gasteiger partial charge in [0.05, 0.1) is 18.8 Å². The monoisotopic (exact) mass is 448 g/mol. The lowest BCUT2D eigenvalue weighted by Gasteiger charge is -2.26. The molecule has 2 aliphatic heterocycles. The topological polar surface area (TPSA) is 69.5 Å². The summed E-state index contributed by atoms with van der Waals surface area (Å²) in [4.78, 5) is 25.6. The first-order valence-corrected chi connectivity index (χ1v) is 12.0. The second-order valence-electron chi connectivity index (χ2n) is 9.15. The Balaban J connectivity index is 1.52. The second-order valence-corrected chi connectivity index (χ2v) is 9.15. The van der Waals surface area contributed by atoms with Crippen LogP contribution in [0.3, 0.4) is 0 Å². The van der Waals surface area contributed by atoms with Crippen molar-refractivity contribution in [1.29, 1.82) is 0 Å². The first kappa shape index (κ1) is 21.9. The maximum atomic E-state index is 14.0. The highest BCUT2D eigenvalue weighted by molar-refractivity contribution is 6.04. The van der Waals surface area contributed by atoms with Gasteiger partial charge in [-0.1, -0.05) is 18.6 Å². The number of nitrogens with zero attached hydrogens (tertiary/aromatic N) is 4. The number of rotatable bonds is 6. The number of methoxy groups -OCH3 is 1. The van der Waals surface area contributed by atoms with E-state index in [1.807, 2.05) is 42.2 Å². The Labute approximate surface area is 194 Å². The zero-order chi connectivity index (χ0) is 22.8. The lowest BCUT2D eigenvalue weighted by Crippen LogP contribution is -2.37. The molecule has 0 saturated carbocycles. The third-order valence-electron chi connectivity index (χ3n) is 6.67. The summed E-state index contributed by atoms with van der Waals surface area (Å²) in [6.07, 6.45) is 6.48. The largest absolute Gasteiger partial charge is 0.497 e. The van der Waals surface area contributed by atoms with Crippen LogP contribution in [0, 0.1) is 6.92 Å². The highest BCUT2D eigenvalue weighted by Crippen LogP contribution is 2.26. The average molecular weight is 449 g/mol. The van der Waals surface area contributed by atoms with Crippen LogP contribution in [-0.2, 0) is 24.2 Å². The van der Waals surface area contributed by atoms with Crippen molar-refractivity contribution in [2.24, 2.45) is 0 Å². The van der Waals surface area contributed by atoms with E-state index in [9.17, 15) is 4.79 Å². The normalized spacial score (nSPS) is 18.2. The quantitative estimate of drug-likeness (QED) is 0.562. The minimum atomic E-state index is -0.0166. The lowest BCUT2D eigenvalue weighted by atomic mass is 10.1. The molecule has 33 heavy (non-hydrogen) atoms. The number of hydrogen-bond acceptors (Lipinski definition) is 5. The van der Waals surface area contributed by atoms with E-state index in [2.05, 4.69) is 4.57 Å². The molecule has 4 heterocycles. The maximum Gasteiger partial charge on any atom is 0.256 e. The molecule has 1 saturated heterocycles. The molecular weight excluding hydrogens is 416 g/mol. The van der Waals surface area contributed by atoms with E-state index < -0.39 is 0 Å². The highest BCUT2D eigenvalue weighted by Gasteiger charge is 2.27. The first-order chi connectivity index (χ1) is 16.1. The molecule has 7 nitrogen and oxygen atoms in total. The van der Waals surface area contributed by atoms with Crippen molar-refractivity contribution in [2.75, 3.05) is 20.3 Å². The number of imidazole rings is 1. The summed E-state index contributed by atoms with van der Waals surface area (Å²) in [6.45, 7) is 4.69. The standard InChI is InChI=1S/C26H32N4O3/c1-18-14-22(24-25(27-18)30-12-5-3-4-11-23(30)28-24)26(31)29(17-21-10-7-13-33-21)16-19-8-6-9-20(15-19)32-2/h6,8-9,14-15,21H,3-5,7,10-13,16-17H2,1-2H3. The fourth-order valence-electron chi connectivity index (χ4n) is 4.99. The highest BCUT2D eigenvalue weighted by atomic mass is 16.5. The first-order valence-electron chi connectivity index (χ1n) is 12.0. The molecule has 5 rings (SSSR count). The van der Waals surface area contributed by atoms with Gasteiger partial charge in [0, 0.05) is 38.4 Å². The molecule has 1 unspecified atom stereocenters. The number of aromatic nitrogens is 3. The van der Waals surface area contributed by atoms with E-state index >= 15 is 0 Å². The van der Waals surface area contributed by atoms with E-state index in [0.29, 0.717) is 18.7 Å². The Morgan fingerprint density at radius 2 is 2.12 bits per heavy atom. The third-order valence-corrected chi connectivity index (χ3v) is 6.67. The molecule has 1 aromatic carbocycles. The smallest absolute Gasteiger partial charge is 0.256 e. The van der Waals surface area contributed by atoms with Crippen LogP contribution < -0.4 is 4.74 Å². The van der Waals surface area contributed by atoms with Gasteiger partial charge < -0.3 is 18.9 Å². The molecule has 1 atom stereocenters. The molecular formula is C26H32N4O3. The number of amides is 1. The minimum absolute atomic E-state index is 0.0166. The van der Waals surface area contributed by atoms with Crippen LogP contribution in [0.25, 0.3) is 11.2 Å². The van der Waals surface area contributed by atoms with Crippen LogP contribution in [0.1, 0.15) is 59.5 Å². The Bertz CT molecular complexity index is 1150. The van der Waals surface area contributed by atoms with E-state index in [1.165, 1.54) is 6.42 Å². The van der Waals surface area contributed by atoms with Gasteiger partial charge in [-0.3, -0.25) is 4.79 Å². The number of benzene rings is 1. The second kappa shape index (κ2) is 9.51. The number of aryl methyl sites for hydroxylation is 3. The van der Waals surface area contributed by atoms with Gasteiger partial charge >= 0.3 is 0 Å². The number of carbonyl (C=O) groups is 1. The van der Waals surface area contributed by atoms with E-state index in [-0.39, 0.29) is 12.0 Å². The van der Waals surface area contributed by atoms with Crippen LogP contribution in [-0.4, -0.2) is 51.7 Å². The summed E-state index contributed by atoms with van der Waals surface area (Å²) < 4.78 is 13.5. The molecule has 0 bridgehead atoms. The molecule has 174 valence electrons. The maximum absolute atomic E-state index is 14.0. The summed E-state index contributed by atoms with van der Waals surface area (Å²) in [7, 11) is 1.66. The van der Waals surface area contributed by atoms with Gasteiger partial charge in [0.1, 0.15) is 17.1 Å². The number of pyridine rings is 1. The van der Waals surface area contributed by atoms with Crippen LogP contribution in [0.5, 0.6) is 5.75 Å². The van der Waals surface area contributed by atoms with E-state index in [4.69, 9.17) is 19.4 Å². The number of ether oxygens (including phenoxy) is 2. The Kier molecular flexibility index (Phi) is 6.31. The fourth-order valence-corrected chi connectivity index (χ4v) is 4.99. The average Bonchev–Trinajstić information content (AvgIpc) is 3.39. The van der Waals surface area contributed by atoms with Crippen LogP contribution in [0.4, 0.5) is 0 Å². The van der Waals surface area contributed by atoms with Crippen molar-refractivity contribution >= 4 is 17.1 Å². The van der Waals surface area contributed by atoms with Gasteiger partial charge in [-0.15, -0.1) is 0 Å². The summed E-state index contributed by atoms with van der Waals surface area (Å²) in [5.41, 5.74) is 4.08. The molecule has 0 spiro atoms. The van der Waals surface area contributed by atoms with Crippen LogP contribution >= 0.6 is 0 Å². The Morgan fingerprint density at radius 3 is 2.94 bits per heavy atom. The van der Waals surface area contributed by atoms with Gasteiger partial charge in [0.25, 0.3) is 5.91 Å². The Morgan fingerprint density at radius 1 is 1.21 bits per heavy atom. The lowest BCUT2D eigenvalue weighted by molar-refractivity contribution is 0.0508. The zero-order valence-electron chi connectivity index (χ0n) is 19.5. The fraction of sp³-hybridized carbons (Fsp3) is 0.500. The van der Waals surface area contributed by atoms with Crippen molar-refractivity contribution in [2.45, 2.75) is 64.6 Å². The van der Waals surface area contributed by atoms with Gasteiger partial charge in [0.15, 0.2) is 5.65 Å². The van der Waals surface area contributed by atoms with Gasteiger partial charge in [0.2, 0.25) is 0 Å². The molecule has 0 aliphatic carbocycles. The molecule has 3 aromatic rings. The molecule has 2 aromatic heterocycles. The summed E-state index contributed by atoms with van der Waals surface area (Å²) in [5.74, 6) is 1.82. The predicted octanol–water partition coefficient (Wildman–Crippen LogP) is 4.30. The molecule has 0 N–H and O–H groups in total. The van der Waals surface area contributed by atoms with Crippen molar-refractivity contribution in [3.05, 3.63) is 53.0 Å². The van der Waals surface area contributed by atoms with Crippen molar-refractivity contribution in [1.82, 2.24) is 19.4 Å². The van der Waals surface area contributed by atoms with Crippen molar-refractivity contribution in [3.63, 3.8) is 0 Å². The van der Waals surface area contributed by atoms with Crippen molar-refractivity contribution < 1.29 is 14.3 Å². The molecule has 2 aliphatic rings. The molecule has 0 radical (unpaired) electrons. The minimum Gasteiger partial charge on any atom is -0.497 e. The van der Waals surface area contributed by atoms with E-state index in [0.717, 1.165) is 79.3 Å². The number of fused-ring (bicyclic) bond motifs is 3. The van der Waals surface area contributed by atoms with Crippen LogP contribution in [0.15, 0.2) is 30.3 Å². The number of hydrogen-bond donors (Lipinski definition) is 0. The van der Waals surface area contributed by atoms with Crippen molar-refractivity contribution in [3.8, 4) is 5.75 Å². The summed E-state index contributed by atoms with van der Waals surface area (Å²) in [6, 6.07) is 9.80. The molecule has 1 fully saturated rings.